The molecule has 1 saturated carbocycles. The second-order valence-corrected chi connectivity index (χ2v) is 6.94. The molecule has 0 saturated heterocycles. The highest BCUT2D eigenvalue weighted by Gasteiger charge is 2.35. The number of carbonyl (C=O) groups excluding carboxylic acids is 1. The van der Waals surface area contributed by atoms with Crippen molar-refractivity contribution in [1.29, 1.82) is 0 Å². The SMILES string of the molecule is COc1cccc(CCC(=O)N[C@H](c2cncc(OC)c2)C2CC(O)C2)c1. The number of aryl methyl sites for hydroxylation is 1. The average Bonchev–Trinajstić information content (AvgIpc) is 2.68. The fourth-order valence-corrected chi connectivity index (χ4v) is 3.42. The first-order valence-electron chi connectivity index (χ1n) is 9.18. The molecule has 1 aliphatic rings. The van der Waals surface area contributed by atoms with Crippen molar-refractivity contribution in [3.63, 3.8) is 0 Å². The standard InChI is InChI=1S/C21H26N2O4/c1-26-18-5-3-4-14(8-18)6-7-20(25)23-21(15-9-17(24)10-15)16-11-19(27-2)13-22-12-16/h3-5,8,11-13,15,17,21,24H,6-7,9-10H2,1-2H3,(H,23,25)/t15?,17?,21-/m0/s1. The summed E-state index contributed by atoms with van der Waals surface area (Å²) in [6.07, 6.45) is 5.48. The van der Waals surface area contributed by atoms with E-state index in [0.29, 0.717) is 31.4 Å². The molecule has 1 aromatic heterocycles. The van der Waals surface area contributed by atoms with Crippen LogP contribution in [0.1, 0.15) is 36.4 Å². The number of pyridine rings is 1. The molecule has 2 aromatic rings. The molecule has 1 aliphatic carbocycles. The largest absolute Gasteiger partial charge is 0.497 e. The first-order valence-corrected chi connectivity index (χ1v) is 9.18. The van der Waals surface area contributed by atoms with Crippen molar-refractivity contribution in [3.8, 4) is 11.5 Å². The van der Waals surface area contributed by atoms with E-state index in [2.05, 4.69) is 10.3 Å². The molecule has 1 fully saturated rings. The summed E-state index contributed by atoms with van der Waals surface area (Å²) in [4.78, 5) is 16.8. The van der Waals surface area contributed by atoms with E-state index in [1.165, 1.54) is 0 Å². The summed E-state index contributed by atoms with van der Waals surface area (Å²) in [5.74, 6) is 1.63. The minimum atomic E-state index is -0.287. The summed E-state index contributed by atoms with van der Waals surface area (Å²) in [6.45, 7) is 0. The van der Waals surface area contributed by atoms with Crippen molar-refractivity contribution in [3.05, 3.63) is 53.9 Å². The molecule has 1 aromatic carbocycles. The molecule has 144 valence electrons. The molecule has 1 amide bonds. The number of nitrogens with zero attached hydrogens (tertiary/aromatic N) is 1. The van der Waals surface area contributed by atoms with Gasteiger partial charge in [-0.2, -0.15) is 0 Å². The van der Waals surface area contributed by atoms with Gasteiger partial charge in [-0.25, -0.2) is 0 Å². The van der Waals surface area contributed by atoms with Crippen molar-refractivity contribution >= 4 is 5.91 Å². The van der Waals surface area contributed by atoms with Gasteiger partial charge in [0.2, 0.25) is 5.91 Å². The Morgan fingerprint density at radius 2 is 2.00 bits per heavy atom. The number of methoxy groups -OCH3 is 2. The van der Waals surface area contributed by atoms with E-state index in [0.717, 1.165) is 16.9 Å². The molecule has 0 aliphatic heterocycles. The van der Waals surface area contributed by atoms with Crippen molar-refractivity contribution in [1.82, 2.24) is 10.3 Å². The topological polar surface area (TPSA) is 80.7 Å². The van der Waals surface area contributed by atoms with Crippen molar-refractivity contribution in [2.24, 2.45) is 5.92 Å². The fraction of sp³-hybridized carbons (Fsp3) is 0.429. The fourth-order valence-electron chi connectivity index (χ4n) is 3.42. The maximum Gasteiger partial charge on any atom is 0.220 e. The Labute approximate surface area is 159 Å². The molecule has 1 atom stereocenters. The molecule has 2 N–H and O–H groups in total. The number of hydrogen-bond donors (Lipinski definition) is 2. The molecule has 0 bridgehead atoms. The molecule has 27 heavy (non-hydrogen) atoms. The number of aromatic nitrogens is 1. The van der Waals surface area contributed by atoms with E-state index in [9.17, 15) is 9.90 Å². The number of ether oxygens (including phenoxy) is 2. The predicted octanol–water partition coefficient (Wildman–Crippen LogP) is 2.66. The molecular formula is C21H26N2O4. The van der Waals surface area contributed by atoms with Crippen LogP contribution in [-0.2, 0) is 11.2 Å². The van der Waals surface area contributed by atoms with Crippen LogP contribution in [0.2, 0.25) is 0 Å². The Hall–Kier alpha value is -2.60. The summed E-state index contributed by atoms with van der Waals surface area (Å²) in [6, 6.07) is 9.46. The monoisotopic (exact) mass is 370 g/mol. The number of hydrogen-bond acceptors (Lipinski definition) is 5. The summed E-state index contributed by atoms with van der Waals surface area (Å²) in [7, 11) is 3.22. The van der Waals surface area contributed by atoms with Gasteiger partial charge in [-0.15, -0.1) is 0 Å². The van der Waals surface area contributed by atoms with E-state index in [4.69, 9.17) is 9.47 Å². The van der Waals surface area contributed by atoms with Crippen LogP contribution >= 0.6 is 0 Å². The Morgan fingerprint density at radius 3 is 2.70 bits per heavy atom. The van der Waals surface area contributed by atoms with Gasteiger partial charge in [0.15, 0.2) is 0 Å². The second kappa shape index (κ2) is 8.86. The third-order valence-corrected chi connectivity index (χ3v) is 5.04. The summed E-state index contributed by atoms with van der Waals surface area (Å²) in [5, 5.41) is 12.8. The number of aliphatic hydroxyl groups is 1. The first kappa shape index (κ1) is 19.2. The minimum absolute atomic E-state index is 0.0213. The van der Waals surface area contributed by atoms with Crippen LogP contribution in [0.3, 0.4) is 0 Å². The highest BCUT2D eigenvalue weighted by molar-refractivity contribution is 5.76. The number of benzene rings is 1. The smallest absolute Gasteiger partial charge is 0.220 e. The molecule has 3 rings (SSSR count). The molecule has 6 nitrogen and oxygen atoms in total. The first-order chi connectivity index (χ1) is 13.1. The number of aliphatic hydroxyl groups excluding tert-OH is 1. The van der Waals surface area contributed by atoms with E-state index in [1.807, 2.05) is 30.3 Å². The van der Waals surface area contributed by atoms with Gasteiger partial charge in [-0.1, -0.05) is 12.1 Å². The van der Waals surface area contributed by atoms with Gasteiger partial charge >= 0.3 is 0 Å². The minimum Gasteiger partial charge on any atom is -0.497 e. The quantitative estimate of drug-likeness (QED) is 0.747. The van der Waals surface area contributed by atoms with Gasteiger partial charge in [0.25, 0.3) is 0 Å². The molecule has 6 heteroatoms. The molecule has 1 heterocycles. The van der Waals surface area contributed by atoms with Crippen LogP contribution in [-0.4, -0.2) is 36.3 Å². The van der Waals surface area contributed by atoms with Gasteiger partial charge in [0.1, 0.15) is 11.5 Å². The molecule has 0 radical (unpaired) electrons. The van der Waals surface area contributed by atoms with Gasteiger partial charge in [0.05, 0.1) is 32.6 Å². The maximum atomic E-state index is 12.6. The number of nitrogens with one attached hydrogen (secondary N) is 1. The van der Waals surface area contributed by atoms with Crippen molar-refractivity contribution in [2.45, 2.75) is 37.8 Å². The summed E-state index contributed by atoms with van der Waals surface area (Å²) >= 11 is 0. The highest BCUT2D eigenvalue weighted by Crippen LogP contribution is 2.38. The van der Waals surface area contributed by atoms with Gasteiger partial charge in [0, 0.05) is 12.6 Å². The highest BCUT2D eigenvalue weighted by atomic mass is 16.5. The van der Waals surface area contributed by atoms with Gasteiger partial charge in [-0.05, 0) is 54.5 Å². The Morgan fingerprint density at radius 1 is 1.22 bits per heavy atom. The van der Waals surface area contributed by atoms with Crippen molar-refractivity contribution < 1.29 is 19.4 Å². The summed E-state index contributed by atoms with van der Waals surface area (Å²) in [5.41, 5.74) is 1.96. The molecule has 0 unspecified atom stereocenters. The lowest BCUT2D eigenvalue weighted by Gasteiger charge is -2.38. The van der Waals surface area contributed by atoms with E-state index >= 15 is 0 Å². The van der Waals surface area contributed by atoms with Crippen LogP contribution in [0.5, 0.6) is 11.5 Å². The Balaban J connectivity index is 1.65. The van der Waals surface area contributed by atoms with Crippen LogP contribution in [0.15, 0.2) is 42.7 Å². The zero-order valence-corrected chi connectivity index (χ0v) is 15.7. The molecular weight excluding hydrogens is 344 g/mol. The van der Waals surface area contributed by atoms with E-state index in [-0.39, 0.29) is 24.0 Å². The van der Waals surface area contributed by atoms with Crippen molar-refractivity contribution in [2.75, 3.05) is 14.2 Å². The molecule has 0 spiro atoms. The maximum absolute atomic E-state index is 12.6. The zero-order chi connectivity index (χ0) is 19.2. The number of rotatable bonds is 8. The summed E-state index contributed by atoms with van der Waals surface area (Å²) < 4.78 is 10.5. The third kappa shape index (κ3) is 4.98. The Bertz CT molecular complexity index is 774. The van der Waals surface area contributed by atoms with Crippen LogP contribution < -0.4 is 14.8 Å². The van der Waals surface area contributed by atoms with Crippen LogP contribution in [0, 0.1) is 5.92 Å². The second-order valence-electron chi connectivity index (χ2n) is 6.94. The Kier molecular flexibility index (Phi) is 6.29. The third-order valence-electron chi connectivity index (χ3n) is 5.04. The average molecular weight is 370 g/mol. The lowest BCUT2D eigenvalue weighted by atomic mass is 9.75. The lowest BCUT2D eigenvalue weighted by molar-refractivity contribution is -0.123. The lowest BCUT2D eigenvalue weighted by Crippen LogP contribution is -2.41. The van der Waals surface area contributed by atoms with E-state index < -0.39 is 0 Å². The predicted molar refractivity (Wildman–Crippen MR) is 102 cm³/mol. The number of amides is 1. The van der Waals surface area contributed by atoms with Gasteiger partial charge < -0.3 is 19.9 Å². The zero-order valence-electron chi connectivity index (χ0n) is 15.7. The van der Waals surface area contributed by atoms with E-state index in [1.54, 1.807) is 26.6 Å². The van der Waals surface area contributed by atoms with Crippen LogP contribution in [0.4, 0.5) is 0 Å². The van der Waals surface area contributed by atoms with Crippen LogP contribution in [0.25, 0.3) is 0 Å². The number of carbonyl (C=O) groups is 1. The normalized spacial score (nSPS) is 19.7. The van der Waals surface area contributed by atoms with Gasteiger partial charge in [-0.3, -0.25) is 9.78 Å².